The van der Waals surface area contributed by atoms with Gasteiger partial charge in [-0.2, -0.15) is 0 Å². The third-order valence-corrected chi connectivity index (χ3v) is 8.65. The molecule has 1 saturated carbocycles. The van der Waals surface area contributed by atoms with Crippen LogP contribution >= 0.6 is 0 Å². The molecule has 0 unspecified atom stereocenters. The van der Waals surface area contributed by atoms with E-state index < -0.39 is 0 Å². The number of hydrogen-bond acceptors (Lipinski definition) is 1. The average Bonchev–Trinajstić information content (AvgIpc) is 2.46. The number of carbonyl (C=O) groups excluding carboxylic acids is 1. The number of hydrogen-bond donors (Lipinski definition) is 0. The van der Waals surface area contributed by atoms with Crippen LogP contribution in [-0.2, 0) is 4.79 Å². The van der Waals surface area contributed by atoms with E-state index in [-0.39, 0.29) is 9.73 Å². The van der Waals surface area contributed by atoms with Crippen LogP contribution in [0, 0.1) is 16.7 Å². The Bertz CT molecular complexity index is 540. The van der Waals surface area contributed by atoms with Crippen LogP contribution in [0.4, 0.5) is 0 Å². The number of ketones is 1. The molecule has 24 heavy (non-hydrogen) atoms. The summed E-state index contributed by atoms with van der Waals surface area (Å²) < 4.78 is 1.67. The van der Waals surface area contributed by atoms with E-state index in [9.17, 15) is 4.79 Å². The molecule has 1 nitrogen and oxygen atoms in total. The maximum atomic E-state index is 12.8. The van der Waals surface area contributed by atoms with Crippen molar-refractivity contribution in [1.29, 1.82) is 0 Å². The van der Waals surface area contributed by atoms with Crippen molar-refractivity contribution >= 4 is 25.2 Å². The molecular weight excluding hydrogens is 359 g/mol. The van der Waals surface area contributed by atoms with Gasteiger partial charge in [-0.05, 0) is 0 Å². The summed E-state index contributed by atoms with van der Waals surface area (Å²) in [6, 6.07) is 10.9. The Morgan fingerprint density at radius 1 is 1.04 bits per heavy atom. The minimum atomic E-state index is -0.222. The fourth-order valence-electron chi connectivity index (χ4n) is 3.62. The summed E-state index contributed by atoms with van der Waals surface area (Å²) in [7, 11) is 0. The minimum absolute atomic E-state index is 0.222. The van der Waals surface area contributed by atoms with Gasteiger partial charge in [0, 0.05) is 0 Å². The van der Waals surface area contributed by atoms with Gasteiger partial charge in [-0.15, -0.1) is 0 Å². The topological polar surface area (TPSA) is 17.1 Å². The average molecular weight is 393 g/mol. The standard InChI is InChI=1S/C22H34OSe/c1-20(2,3)17-12-14-22(15-13-17,16-19(23)21(4,5)6)24-18-10-8-7-9-11-18/h7-11,17H,12-16H2,1-6H3. The number of Topliss-reactive ketones (excluding diaryl/α,β-unsaturated/α-hetero) is 1. The van der Waals surface area contributed by atoms with E-state index in [1.165, 1.54) is 30.1 Å². The summed E-state index contributed by atoms with van der Waals surface area (Å²) in [6.07, 6.45) is 5.74. The molecule has 1 aliphatic carbocycles. The van der Waals surface area contributed by atoms with Crippen LogP contribution in [0.5, 0.6) is 0 Å². The zero-order valence-corrected chi connectivity index (χ0v) is 18.0. The summed E-state index contributed by atoms with van der Waals surface area (Å²) in [5.41, 5.74) is 0.167. The van der Waals surface area contributed by atoms with Crippen LogP contribution < -0.4 is 4.46 Å². The number of carbonyl (C=O) groups is 1. The molecule has 0 N–H and O–H groups in total. The van der Waals surface area contributed by atoms with E-state index in [0.717, 1.165) is 12.3 Å². The first-order chi connectivity index (χ1) is 11.0. The summed E-state index contributed by atoms with van der Waals surface area (Å²) in [4.78, 5) is 12.8. The zero-order chi connectivity index (χ0) is 18.0. The van der Waals surface area contributed by atoms with Crippen molar-refractivity contribution < 1.29 is 4.79 Å². The molecule has 134 valence electrons. The molecule has 0 aliphatic heterocycles. The molecule has 1 aromatic rings. The van der Waals surface area contributed by atoms with Crippen LogP contribution in [-0.4, -0.2) is 20.7 Å². The molecule has 0 radical (unpaired) electrons. The third-order valence-electron chi connectivity index (χ3n) is 5.52. The third kappa shape index (κ3) is 5.20. The molecule has 0 heterocycles. The molecule has 0 spiro atoms. The number of benzene rings is 1. The second-order valence-corrected chi connectivity index (χ2v) is 12.8. The molecule has 0 bridgehead atoms. The fourth-order valence-corrected chi connectivity index (χ4v) is 6.63. The Morgan fingerprint density at radius 2 is 1.58 bits per heavy atom. The Kier molecular flexibility index (Phi) is 6.03. The van der Waals surface area contributed by atoms with Crippen molar-refractivity contribution in [3.63, 3.8) is 0 Å². The van der Waals surface area contributed by atoms with Crippen LogP contribution in [0.3, 0.4) is 0 Å². The van der Waals surface area contributed by atoms with Gasteiger partial charge >= 0.3 is 155 Å². The Morgan fingerprint density at radius 3 is 2.04 bits per heavy atom. The quantitative estimate of drug-likeness (QED) is 0.625. The van der Waals surface area contributed by atoms with Crippen LogP contribution in [0.25, 0.3) is 0 Å². The molecule has 0 aromatic heterocycles. The fraction of sp³-hybridized carbons (Fsp3) is 0.682. The van der Waals surface area contributed by atoms with Gasteiger partial charge < -0.3 is 0 Å². The number of rotatable bonds is 4. The van der Waals surface area contributed by atoms with Gasteiger partial charge in [0.05, 0.1) is 0 Å². The van der Waals surface area contributed by atoms with Gasteiger partial charge in [0.2, 0.25) is 0 Å². The monoisotopic (exact) mass is 394 g/mol. The maximum absolute atomic E-state index is 12.8. The molecule has 1 fully saturated rings. The van der Waals surface area contributed by atoms with Crippen molar-refractivity contribution in [1.82, 2.24) is 0 Å². The molecule has 2 rings (SSSR count). The summed E-state index contributed by atoms with van der Waals surface area (Å²) >= 11 is 0.373. The van der Waals surface area contributed by atoms with Crippen LogP contribution in [0.15, 0.2) is 30.3 Å². The first-order valence-corrected chi connectivity index (χ1v) is 11.0. The predicted octanol–water partition coefficient (Wildman–Crippen LogP) is 5.42. The summed E-state index contributed by atoms with van der Waals surface area (Å²) in [6.45, 7) is 13.3. The van der Waals surface area contributed by atoms with Crippen molar-refractivity contribution in [3.05, 3.63) is 30.3 Å². The van der Waals surface area contributed by atoms with Crippen molar-refractivity contribution in [2.24, 2.45) is 16.7 Å². The van der Waals surface area contributed by atoms with Gasteiger partial charge in [-0.1, -0.05) is 0 Å². The van der Waals surface area contributed by atoms with Crippen LogP contribution in [0.1, 0.15) is 73.6 Å². The van der Waals surface area contributed by atoms with Gasteiger partial charge in [0.1, 0.15) is 0 Å². The van der Waals surface area contributed by atoms with Crippen molar-refractivity contribution in [2.75, 3.05) is 0 Å². The SMILES string of the molecule is CC(C)(C)C(=O)CC1([Se]c2ccccc2)CCC(C(C)(C)C)CC1. The first kappa shape index (κ1) is 19.7. The van der Waals surface area contributed by atoms with E-state index in [1.807, 2.05) is 0 Å². The molecule has 0 atom stereocenters. The molecule has 2 heteroatoms. The Balaban J connectivity index is 2.18. The normalized spacial score (nSPS) is 25.5. The van der Waals surface area contributed by atoms with Gasteiger partial charge in [-0.25, -0.2) is 0 Å². The van der Waals surface area contributed by atoms with Gasteiger partial charge in [0.15, 0.2) is 0 Å². The van der Waals surface area contributed by atoms with Crippen molar-refractivity contribution in [2.45, 2.75) is 78.0 Å². The van der Waals surface area contributed by atoms with E-state index in [1.54, 1.807) is 0 Å². The molecule has 1 aliphatic rings. The summed E-state index contributed by atoms with van der Waals surface area (Å²) in [5, 5.41) is 0. The van der Waals surface area contributed by atoms with Crippen LogP contribution in [0.2, 0.25) is 4.31 Å². The first-order valence-electron chi connectivity index (χ1n) is 9.29. The molecule has 0 saturated heterocycles. The Labute approximate surface area is 155 Å². The van der Waals surface area contributed by atoms with E-state index in [4.69, 9.17) is 0 Å². The van der Waals surface area contributed by atoms with Crippen molar-refractivity contribution in [3.8, 4) is 0 Å². The summed E-state index contributed by atoms with van der Waals surface area (Å²) in [5.74, 6) is 1.23. The Hall–Kier alpha value is -0.591. The molecular formula is C22H34OSe. The van der Waals surface area contributed by atoms with E-state index >= 15 is 0 Å². The van der Waals surface area contributed by atoms with Gasteiger partial charge in [-0.3, -0.25) is 0 Å². The van der Waals surface area contributed by atoms with Gasteiger partial charge in [0.25, 0.3) is 0 Å². The second kappa shape index (κ2) is 7.34. The predicted molar refractivity (Wildman–Crippen MR) is 105 cm³/mol. The van der Waals surface area contributed by atoms with E-state index in [0.29, 0.717) is 26.2 Å². The second-order valence-electron chi connectivity index (χ2n) is 9.59. The zero-order valence-electron chi connectivity index (χ0n) is 16.3. The molecule has 1 aromatic carbocycles. The molecule has 0 amide bonds. The van der Waals surface area contributed by atoms with E-state index in [2.05, 4.69) is 71.9 Å².